The highest BCUT2D eigenvalue weighted by molar-refractivity contribution is 9.10. The zero-order valence-corrected chi connectivity index (χ0v) is 14.9. The number of nitrogens with two attached hydrogens (primary N) is 1. The van der Waals surface area contributed by atoms with Crippen molar-refractivity contribution in [2.45, 2.75) is 26.3 Å². The summed E-state index contributed by atoms with van der Waals surface area (Å²) in [6.07, 6.45) is 0.348. The van der Waals surface area contributed by atoms with E-state index in [0.29, 0.717) is 10.9 Å². The second-order valence-electron chi connectivity index (χ2n) is 5.59. The number of hydrogen-bond acceptors (Lipinski definition) is 3. The van der Waals surface area contributed by atoms with Crippen molar-refractivity contribution >= 4 is 39.5 Å². The van der Waals surface area contributed by atoms with Gasteiger partial charge in [0.05, 0.1) is 12.2 Å². The van der Waals surface area contributed by atoms with Crippen LogP contribution in [0.2, 0.25) is 0 Å². The van der Waals surface area contributed by atoms with Crippen molar-refractivity contribution in [1.29, 1.82) is 0 Å². The first-order chi connectivity index (χ1) is 11.2. The Morgan fingerprint density at radius 2 is 1.96 bits per heavy atom. The second kappa shape index (κ2) is 9.21. The summed E-state index contributed by atoms with van der Waals surface area (Å²) in [5, 5.41) is 7.15. The minimum Gasteiger partial charge on any atom is -0.368 e. The molecule has 9 heteroatoms. The van der Waals surface area contributed by atoms with Gasteiger partial charge in [-0.15, -0.1) is 0 Å². The molecule has 1 aromatic carbocycles. The number of halogens is 2. The largest absolute Gasteiger partial charge is 0.368 e. The molecule has 1 rings (SSSR count). The van der Waals surface area contributed by atoms with Gasteiger partial charge < -0.3 is 21.7 Å². The molecule has 132 valence electrons. The van der Waals surface area contributed by atoms with Crippen molar-refractivity contribution in [2.24, 2.45) is 11.7 Å². The minimum atomic E-state index is -0.872. The molecule has 1 aromatic rings. The summed E-state index contributed by atoms with van der Waals surface area (Å²) in [7, 11) is 0. The molecule has 0 bridgehead atoms. The molecule has 0 fully saturated rings. The maximum atomic E-state index is 13.7. The quantitative estimate of drug-likeness (QED) is 0.556. The first kappa shape index (κ1) is 19.9. The van der Waals surface area contributed by atoms with E-state index in [1.165, 1.54) is 12.1 Å². The molecule has 0 saturated heterocycles. The molecule has 0 aliphatic rings. The number of carbonyl (C=O) groups is 3. The van der Waals surface area contributed by atoms with Crippen LogP contribution >= 0.6 is 15.9 Å². The molecule has 0 aromatic heterocycles. The van der Waals surface area contributed by atoms with E-state index in [1.807, 2.05) is 13.8 Å². The van der Waals surface area contributed by atoms with Crippen LogP contribution in [0.3, 0.4) is 0 Å². The third kappa shape index (κ3) is 6.95. The van der Waals surface area contributed by atoms with Crippen LogP contribution < -0.4 is 21.7 Å². The molecular formula is C15H20BrFN4O3. The van der Waals surface area contributed by atoms with Gasteiger partial charge in [0.2, 0.25) is 11.8 Å². The smallest absolute Gasteiger partial charge is 0.319 e. The van der Waals surface area contributed by atoms with E-state index in [4.69, 9.17) is 5.73 Å². The molecular weight excluding hydrogens is 383 g/mol. The van der Waals surface area contributed by atoms with Gasteiger partial charge in [0.15, 0.2) is 0 Å². The highest BCUT2D eigenvalue weighted by Crippen LogP contribution is 2.19. The Kier molecular flexibility index (Phi) is 7.63. The summed E-state index contributed by atoms with van der Waals surface area (Å²) in [6.45, 7) is 3.43. The maximum absolute atomic E-state index is 13.7. The van der Waals surface area contributed by atoms with Gasteiger partial charge in [0.25, 0.3) is 0 Å². The van der Waals surface area contributed by atoms with Crippen LogP contribution in [0.15, 0.2) is 22.7 Å². The fourth-order valence-corrected chi connectivity index (χ4v) is 2.24. The summed E-state index contributed by atoms with van der Waals surface area (Å²) in [5.74, 6) is -1.72. The molecule has 5 N–H and O–H groups in total. The van der Waals surface area contributed by atoms with E-state index in [1.54, 1.807) is 6.07 Å². The lowest BCUT2D eigenvalue weighted by atomic mass is 10.0. The van der Waals surface area contributed by atoms with Gasteiger partial charge in [0, 0.05) is 4.47 Å². The Balaban J connectivity index is 2.72. The summed E-state index contributed by atoms with van der Waals surface area (Å²) >= 11 is 3.12. The average Bonchev–Trinajstić information content (AvgIpc) is 2.46. The zero-order chi connectivity index (χ0) is 18.3. The Labute approximate surface area is 147 Å². The number of rotatable bonds is 7. The average molecular weight is 403 g/mol. The lowest BCUT2D eigenvalue weighted by molar-refractivity contribution is -0.126. The van der Waals surface area contributed by atoms with E-state index >= 15 is 0 Å². The van der Waals surface area contributed by atoms with Gasteiger partial charge in [-0.1, -0.05) is 29.8 Å². The third-order valence-electron chi connectivity index (χ3n) is 2.95. The van der Waals surface area contributed by atoms with Crippen molar-refractivity contribution in [1.82, 2.24) is 10.6 Å². The maximum Gasteiger partial charge on any atom is 0.319 e. The fourth-order valence-electron chi connectivity index (χ4n) is 1.91. The summed E-state index contributed by atoms with van der Waals surface area (Å²) in [4.78, 5) is 34.8. The van der Waals surface area contributed by atoms with Gasteiger partial charge >= 0.3 is 6.03 Å². The normalized spacial score (nSPS) is 11.7. The molecule has 0 heterocycles. The van der Waals surface area contributed by atoms with Gasteiger partial charge in [-0.2, -0.15) is 0 Å². The Bertz CT molecular complexity index is 625. The zero-order valence-electron chi connectivity index (χ0n) is 13.4. The van der Waals surface area contributed by atoms with E-state index in [9.17, 15) is 18.8 Å². The number of amides is 4. The van der Waals surface area contributed by atoms with Crippen LogP contribution in [0.25, 0.3) is 0 Å². The lowest BCUT2D eigenvalue weighted by Crippen LogP contribution is -2.50. The lowest BCUT2D eigenvalue weighted by Gasteiger charge is -2.20. The van der Waals surface area contributed by atoms with Gasteiger partial charge in [-0.3, -0.25) is 9.59 Å². The fraction of sp³-hybridized carbons (Fsp3) is 0.400. The van der Waals surface area contributed by atoms with Crippen molar-refractivity contribution < 1.29 is 18.8 Å². The van der Waals surface area contributed by atoms with Crippen LogP contribution in [0.4, 0.5) is 14.9 Å². The van der Waals surface area contributed by atoms with Crippen LogP contribution in [-0.2, 0) is 9.59 Å². The molecule has 0 aliphatic carbocycles. The molecule has 1 atom stereocenters. The van der Waals surface area contributed by atoms with Crippen molar-refractivity contribution in [3.63, 3.8) is 0 Å². The van der Waals surface area contributed by atoms with E-state index in [-0.39, 0.29) is 18.2 Å². The summed E-state index contributed by atoms with van der Waals surface area (Å²) in [5.41, 5.74) is 4.96. The number of benzene rings is 1. The van der Waals surface area contributed by atoms with Gasteiger partial charge in [-0.05, 0) is 30.5 Å². The number of primary amides is 1. The first-order valence-corrected chi connectivity index (χ1v) is 8.07. The Morgan fingerprint density at radius 1 is 1.29 bits per heavy atom. The Hall–Kier alpha value is -2.16. The van der Waals surface area contributed by atoms with Crippen molar-refractivity contribution in [2.75, 3.05) is 11.9 Å². The third-order valence-corrected chi connectivity index (χ3v) is 3.44. The number of hydrogen-bond donors (Lipinski definition) is 4. The molecule has 0 unspecified atom stereocenters. The van der Waals surface area contributed by atoms with Crippen LogP contribution in [0.5, 0.6) is 0 Å². The number of carbonyl (C=O) groups excluding carboxylic acids is 3. The second-order valence-corrected chi connectivity index (χ2v) is 6.50. The minimum absolute atomic E-state index is 0.0171. The molecule has 4 amide bonds. The topological polar surface area (TPSA) is 113 Å². The monoisotopic (exact) mass is 402 g/mol. The Morgan fingerprint density at radius 3 is 2.50 bits per heavy atom. The number of urea groups is 1. The molecule has 24 heavy (non-hydrogen) atoms. The van der Waals surface area contributed by atoms with Crippen LogP contribution in [-0.4, -0.2) is 30.4 Å². The van der Waals surface area contributed by atoms with Gasteiger partial charge in [0.1, 0.15) is 11.9 Å². The summed E-state index contributed by atoms with van der Waals surface area (Å²) < 4.78 is 14.3. The van der Waals surface area contributed by atoms with Crippen LogP contribution in [0, 0.1) is 11.7 Å². The molecule has 0 spiro atoms. The van der Waals surface area contributed by atoms with E-state index in [2.05, 4.69) is 31.9 Å². The highest BCUT2D eigenvalue weighted by atomic mass is 79.9. The predicted molar refractivity (Wildman–Crippen MR) is 91.7 cm³/mol. The molecule has 0 radical (unpaired) electrons. The summed E-state index contributed by atoms with van der Waals surface area (Å²) in [6, 6.07) is 2.58. The van der Waals surface area contributed by atoms with Gasteiger partial charge in [-0.25, -0.2) is 9.18 Å². The number of nitrogens with one attached hydrogen (secondary N) is 3. The molecule has 7 nitrogen and oxygen atoms in total. The SMILES string of the molecule is CC(C)C[C@H](NC(=O)Nc1ccc(Br)cc1F)C(=O)NCC(N)=O. The molecule has 0 saturated carbocycles. The van der Waals surface area contributed by atoms with Crippen molar-refractivity contribution in [3.8, 4) is 0 Å². The van der Waals surface area contributed by atoms with Crippen LogP contribution in [0.1, 0.15) is 20.3 Å². The molecule has 0 aliphatic heterocycles. The van der Waals surface area contributed by atoms with Crippen molar-refractivity contribution in [3.05, 3.63) is 28.5 Å². The predicted octanol–water partition coefficient (Wildman–Crippen LogP) is 1.73. The van der Waals surface area contributed by atoms with E-state index in [0.717, 1.165) is 0 Å². The first-order valence-electron chi connectivity index (χ1n) is 7.27. The highest BCUT2D eigenvalue weighted by Gasteiger charge is 2.22. The number of anilines is 1. The van der Waals surface area contributed by atoms with E-state index < -0.39 is 29.7 Å². The standard InChI is InChI=1S/C15H20BrFN4O3/c1-8(2)5-12(14(23)19-7-13(18)22)21-15(24)20-11-4-3-9(16)6-10(11)17/h3-4,6,8,12H,5,7H2,1-2H3,(H2,18,22)(H,19,23)(H2,20,21,24)/t12-/m0/s1.